The molecule has 1 aliphatic rings. The van der Waals surface area contributed by atoms with Crippen molar-refractivity contribution in [3.05, 3.63) is 81.0 Å². The van der Waals surface area contributed by atoms with Crippen molar-refractivity contribution >= 4 is 33.6 Å². The number of rotatable bonds is 3. The van der Waals surface area contributed by atoms with Crippen LogP contribution in [0.4, 0.5) is 5.82 Å². The highest BCUT2D eigenvalue weighted by atomic mass is 79.9. The lowest BCUT2D eigenvalue weighted by atomic mass is 9.82. The lowest BCUT2D eigenvalue weighted by Gasteiger charge is -2.32. The normalized spacial score (nSPS) is 18.1. The van der Waals surface area contributed by atoms with E-state index in [9.17, 15) is 9.59 Å². The molecule has 148 valence electrons. The Morgan fingerprint density at radius 2 is 1.76 bits per heavy atom. The van der Waals surface area contributed by atoms with E-state index in [-0.39, 0.29) is 17.7 Å². The van der Waals surface area contributed by atoms with Crippen molar-refractivity contribution in [2.75, 3.05) is 5.32 Å². The van der Waals surface area contributed by atoms with Crippen LogP contribution < -0.4 is 10.6 Å². The lowest BCUT2D eigenvalue weighted by molar-refractivity contribution is -0.118. The number of fused-ring (bicyclic) bond motifs is 1. The van der Waals surface area contributed by atoms with Crippen LogP contribution in [-0.4, -0.2) is 27.6 Å². The summed E-state index contributed by atoms with van der Waals surface area (Å²) in [4.78, 5) is 25.9. The third-order valence-corrected chi connectivity index (χ3v) is 5.80. The van der Waals surface area contributed by atoms with Gasteiger partial charge in [0.05, 0.1) is 5.69 Å². The van der Waals surface area contributed by atoms with Gasteiger partial charge in [0.25, 0.3) is 5.91 Å². The number of nitrogens with zero attached hydrogens (tertiary/aromatic N) is 2. The predicted molar refractivity (Wildman–Crippen MR) is 115 cm³/mol. The molecule has 7 heteroatoms. The Morgan fingerprint density at radius 3 is 2.41 bits per heavy atom. The standard InChI is InChI=1S/C22H21BrN4O2/c1-12-4-6-15(7-5-12)21(28)24-19-18(14-8-10-16(23)11-9-14)17-13(2)26-27(3)20(17)25-22(19)29/h4-11,18-19H,1-3H3,(H,24,28)(H,25,29)/t18-,19-/m0/s1. The van der Waals surface area contributed by atoms with Crippen LogP contribution in [0.1, 0.15) is 38.7 Å². The van der Waals surface area contributed by atoms with Crippen molar-refractivity contribution < 1.29 is 9.59 Å². The number of carbonyl (C=O) groups is 2. The number of benzene rings is 2. The highest BCUT2D eigenvalue weighted by molar-refractivity contribution is 9.10. The molecule has 0 bridgehead atoms. The Balaban J connectivity index is 1.77. The maximum atomic E-state index is 13.0. The van der Waals surface area contributed by atoms with Crippen LogP contribution in [0, 0.1) is 13.8 Å². The van der Waals surface area contributed by atoms with Crippen molar-refractivity contribution in [1.29, 1.82) is 0 Å². The fourth-order valence-electron chi connectivity index (χ4n) is 3.82. The zero-order chi connectivity index (χ0) is 20.7. The van der Waals surface area contributed by atoms with Crippen LogP contribution in [-0.2, 0) is 11.8 Å². The molecule has 29 heavy (non-hydrogen) atoms. The molecule has 3 aromatic rings. The molecule has 2 amide bonds. The second kappa shape index (κ2) is 7.48. The molecule has 1 aliphatic heterocycles. The molecule has 0 radical (unpaired) electrons. The Labute approximate surface area is 177 Å². The van der Waals surface area contributed by atoms with Crippen molar-refractivity contribution in [3.8, 4) is 0 Å². The number of hydrogen-bond acceptors (Lipinski definition) is 3. The van der Waals surface area contributed by atoms with E-state index in [2.05, 4.69) is 31.7 Å². The fourth-order valence-corrected chi connectivity index (χ4v) is 4.08. The first-order valence-electron chi connectivity index (χ1n) is 9.32. The Hall–Kier alpha value is -2.93. The van der Waals surface area contributed by atoms with E-state index in [1.165, 1.54) is 0 Å². The van der Waals surface area contributed by atoms with Crippen LogP contribution in [0.5, 0.6) is 0 Å². The van der Waals surface area contributed by atoms with Gasteiger partial charge in [-0.1, -0.05) is 45.8 Å². The summed E-state index contributed by atoms with van der Waals surface area (Å²) < 4.78 is 2.62. The van der Waals surface area contributed by atoms with Gasteiger partial charge < -0.3 is 10.6 Å². The SMILES string of the molecule is Cc1ccc(C(=O)N[C@@H]2C(=O)Nc3c(c(C)nn3C)[C@@H]2c2ccc(Br)cc2)cc1. The molecular weight excluding hydrogens is 432 g/mol. The molecule has 2 atom stereocenters. The molecule has 0 saturated carbocycles. The Morgan fingerprint density at radius 1 is 1.10 bits per heavy atom. The average molecular weight is 453 g/mol. The summed E-state index contributed by atoms with van der Waals surface area (Å²) in [5.74, 6) is -0.206. The van der Waals surface area contributed by atoms with Crippen molar-refractivity contribution in [3.63, 3.8) is 0 Å². The number of halogens is 1. The molecule has 0 saturated heterocycles. The highest BCUT2D eigenvalue weighted by Gasteiger charge is 2.41. The molecule has 1 aromatic heterocycles. The minimum Gasteiger partial charge on any atom is -0.339 e. The number of nitrogens with one attached hydrogen (secondary N) is 2. The summed E-state index contributed by atoms with van der Waals surface area (Å²) in [6.07, 6.45) is 0. The maximum absolute atomic E-state index is 13.0. The first-order chi connectivity index (χ1) is 13.8. The van der Waals surface area contributed by atoms with Gasteiger partial charge in [-0.25, -0.2) is 0 Å². The molecule has 6 nitrogen and oxygen atoms in total. The van der Waals surface area contributed by atoms with Crippen molar-refractivity contribution in [1.82, 2.24) is 15.1 Å². The summed E-state index contributed by atoms with van der Waals surface area (Å²) in [6.45, 7) is 3.88. The van der Waals surface area contributed by atoms with Gasteiger partial charge in [-0.2, -0.15) is 5.10 Å². The van der Waals surface area contributed by atoms with E-state index < -0.39 is 6.04 Å². The minimum absolute atomic E-state index is 0.256. The maximum Gasteiger partial charge on any atom is 0.251 e. The van der Waals surface area contributed by atoms with Crippen molar-refractivity contribution in [2.24, 2.45) is 7.05 Å². The fraction of sp³-hybridized carbons (Fsp3) is 0.227. The summed E-state index contributed by atoms with van der Waals surface area (Å²) in [5.41, 5.74) is 4.27. The second-order valence-corrected chi connectivity index (χ2v) is 8.22. The van der Waals surface area contributed by atoms with Crippen LogP contribution >= 0.6 is 15.9 Å². The van der Waals surface area contributed by atoms with E-state index in [0.717, 1.165) is 26.9 Å². The lowest BCUT2D eigenvalue weighted by Crippen LogP contribution is -2.50. The number of hydrogen-bond donors (Lipinski definition) is 2. The number of amides is 2. The van der Waals surface area contributed by atoms with Crippen LogP contribution in [0.15, 0.2) is 53.0 Å². The summed E-state index contributed by atoms with van der Waals surface area (Å²) in [7, 11) is 1.80. The number of anilines is 1. The van der Waals surface area contributed by atoms with Crippen LogP contribution in [0.2, 0.25) is 0 Å². The van der Waals surface area contributed by atoms with E-state index >= 15 is 0 Å². The van der Waals surface area contributed by atoms with E-state index in [4.69, 9.17) is 0 Å². The Bertz CT molecular complexity index is 1090. The van der Waals surface area contributed by atoms with Gasteiger partial charge in [0.2, 0.25) is 5.91 Å². The van der Waals surface area contributed by atoms with E-state index in [0.29, 0.717) is 11.4 Å². The van der Waals surface area contributed by atoms with Crippen molar-refractivity contribution in [2.45, 2.75) is 25.8 Å². The minimum atomic E-state index is -0.750. The molecule has 2 heterocycles. The smallest absolute Gasteiger partial charge is 0.251 e. The monoisotopic (exact) mass is 452 g/mol. The average Bonchev–Trinajstić information content (AvgIpc) is 2.97. The number of carbonyl (C=O) groups excluding carboxylic acids is 2. The van der Waals surface area contributed by atoms with Gasteiger partial charge in [0, 0.05) is 28.6 Å². The Kier molecular flexibility index (Phi) is 5.00. The molecule has 0 spiro atoms. The molecular formula is C22H21BrN4O2. The quantitative estimate of drug-likeness (QED) is 0.636. The van der Waals surface area contributed by atoms with Gasteiger partial charge in [-0.15, -0.1) is 0 Å². The third-order valence-electron chi connectivity index (χ3n) is 5.27. The molecule has 4 rings (SSSR count). The van der Waals surface area contributed by atoms with E-state index in [1.54, 1.807) is 23.9 Å². The van der Waals surface area contributed by atoms with E-state index in [1.807, 2.05) is 50.2 Å². The zero-order valence-electron chi connectivity index (χ0n) is 16.4. The molecule has 2 aromatic carbocycles. The third kappa shape index (κ3) is 3.58. The first-order valence-corrected chi connectivity index (χ1v) is 10.1. The summed E-state index contributed by atoms with van der Waals surface area (Å²) in [5, 5.41) is 10.3. The number of aryl methyl sites for hydroxylation is 3. The van der Waals surface area contributed by atoms with Gasteiger partial charge in [0.15, 0.2) is 0 Å². The topological polar surface area (TPSA) is 76.0 Å². The van der Waals surface area contributed by atoms with Crippen LogP contribution in [0.25, 0.3) is 0 Å². The van der Waals surface area contributed by atoms with Gasteiger partial charge in [0.1, 0.15) is 11.9 Å². The van der Waals surface area contributed by atoms with Crippen LogP contribution in [0.3, 0.4) is 0 Å². The second-order valence-electron chi connectivity index (χ2n) is 7.31. The summed E-state index contributed by atoms with van der Waals surface area (Å²) >= 11 is 3.46. The molecule has 0 unspecified atom stereocenters. The summed E-state index contributed by atoms with van der Waals surface area (Å²) in [6, 6.07) is 14.3. The van der Waals surface area contributed by atoms with Gasteiger partial charge >= 0.3 is 0 Å². The first kappa shape index (κ1) is 19.4. The van der Waals surface area contributed by atoms with Gasteiger partial charge in [-0.05, 0) is 43.7 Å². The predicted octanol–water partition coefficient (Wildman–Crippen LogP) is 3.68. The largest absolute Gasteiger partial charge is 0.339 e. The molecule has 0 aliphatic carbocycles. The highest BCUT2D eigenvalue weighted by Crippen LogP contribution is 2.39. The number of aromatic nitrogens is 2. The molecule has 0 fully saturated rings. The van der Waals surface area contributed by atoms with Gasteiger partial charge in [-0.3, -0.25) is 14.3 Å². The molecule has 2 N–H and O–H groups in total. The zero-order valence-corrected chi connectivity index (χ0v) is 17.9.